The molecule has 0 aliphatic carbocycles. The van der Waals surface area contributed by atoms with Gasteiger partial charge in [0, 0.05) is 61.9 Å². The number of fused-ring (bicyclic) bond motifs is 3. The predicted octanol–water partition coefficient (Wildman–Crippen LogP) is 4.66. The topological polar surface area (TPSA) is 155 Å². The number of hydrogen-bond acceptors (Lipinski definition) is 12. The van der Waals surface area contributed by atoms with Crippen molar-refractivity contribution in [2.24, 2.45) is 0 Å². The monoisotopic (exact) mass is 794 g/mol. The van der Waals surface area contributed by atoms with Gasteiger partial charge in [-0.2, -0.15) is 0 Å². The normalized spacial score (nSPS) is 19.6. The predicted molar refractivity (Wildman–Crippen MR) is 221 cm³/mol. The maximum atomic E-state index is 12.5. The van der Waals surface area contributed by atoms with Gasteiger partial charge in [0.05, 0.1) is 18.5 Å². The quantitative estimate of drug-likeness (QED) is 0.143. The van der Waals surface area contributed by atoms with E-state index in [0.717, 1.165) is 118 Å². The minimum absolute atomic E-state index is 0.0414. The number of carbonyl (C=O) groups is 2. The smallest absolute Gasteiger partial charge is 0.257 e. The second-order valence-electron chi connectivity index (χ2n) is 15.4. The number of methoxy groups -OCH3 is 1. The van der Waals surface area contributed by atoms with Crippen molar-refractivity contribution in [3.63, 3.8) is 0 Å². The number of ether oxygens (including phenoxy) is 2. The summed E-state index contributed by atoms with van der Waals surface area (Å²) in [6.07, 6.45) is 11.0. The van der Waals surface area contributed by atoms with Crippen LogP contribution in [0, 0.1) is 0 Å². The van der Waals surface area contributed by atoms with E-state index in [9.17, 15) is 9.59 Å². The first-order chi connectivity index (χ1) is 27.9. The Balaban J connectivity index is 0.766. The fourth-order valence-electron chi connectivity index (χ4n) is 8.95. The highest BCUT2D eigenvalue weighted by molar-refractivity contribution is 6.29. The van der Waals surface area contributed by atoms with E-state index in [1.54, 1.807) is 18.1 Å². The van der Waals surface area contributed by atoms with Gasteiger partial charge in [0.15, 0.2) is 12.4 Å². The number of nitrogens with two attached hydrogens (primary N) is 1. The van der Waals surface area contributed by atoms with Crippen LogP contribution >= 0.6 is 11.6 Å². The van der Waals surface area contributed by atoms with Crippen molar-refractivity contribution in [2.45, 2.75) is 62.9 Å². The third-order valence-electron chi connectivity index (χ3n) is 11.9. The lowest BCUT2D eigenvalue weighted by Gasteiger charge is -2.42. The zero-order valence-corrected chi connectivity index (χ0v) is 33.2. The Morgan fingerprint density at radius 1 is 0.947 bits per heavy atom. The third-order valence-corrected chi connectivity index (χ3v) is 12.1. The Morgan fingerprint density at radius 3 is 2.47 bits per heavy atom. The second-order valence-corrected chi connectivity index (χ2v) is 15.7. The number of benzene rings is 2. The number of carbonyl (C=O) groups excluding carboxylic acids is 2. The van der Waals surface area contributed by atoms with Crippen LogP contribution in [0.1, 0.15) is 55.6 Å². The molecule has 2 bridgehead atoms. The number of rotatable bonds is 13. The summed E-state index contributed by atoms with van der Waals surface area (Å²) in [6.45, 7) is 5.80. The number of aryl methyl sites for hydroxylation is 1. The molecule has 300 valence electrons. The van der Waals surface area contributed by atoms with Crippen molar-refractivity contribution in [2.75, 3.05) is 85.8 Å². The van der Waals surface area contributed by atoms with Gasteiger partial charge in [0.2, 0.25) is 11.9 Å². The van der Waals surface area contributed by atoms with Crippen LogP contribution in [0.2, 0.25) is 0 Å². The number of amides is 2. The van der Waals surface area contributed by atoms with Crippen molar-refractivity contribution in [3.05, 3.63) is 72.1 Å². The number of nitrogens with one attached hydrogen (secondary N) is 1. The lowest BCUT2D eigenvalue weighted by atomic mass is 9.91. The first-order valence-electron chi connectivity index (χ1n) is 20.1. The number of aromatic nitrogens is 4. The molecule has 2 aromatic carbocycles. The highest BCUT2D eigenvalue weighted by Crippen LogP contribution is 2.39. The zero-order chi connectivity index (χ0) is 39.3. The molecule has 15 heteroatoms. The molecule has 2 atom stereocenters. The molecule has 2 amide bonds. The molecular formula is C42H51ClN10O4. The lowest BCUT2D eigenvalue weighted by Crippen LogP contribution is -2.54. The number of halogens is 1. The number of piperidine rings is 1. The Hall–Kier alpha value is -5.21. The Kier molecular flexibility index (Phi) is 11.9. The molecule has 0 radical (unpaired) electrons. The molecule has 4 aromatic rings. The van der Waals surface area contributed by atoms with Crippen LogP contribution in [-0.2, 0) is 16.0 Å². The molecule has 57 heavy (non-hydrogen) atoms. The maximum Gasteiger partial charge on any atom is 0.257 e. The molecular weight excluding hydrogens is 744 g/mol. The lowest BCUT2D eigenvalue weighted by molar-refractivity contribution is -0.123. The van der Waals surface area contributed by atoms with Crippen LogP contribution in [0.25, 0.3) is 11.3 Å². The Labute approximate surface area is 338 Å². The molecule has 3 fully saturated rings. The van der Waals surface area contributed by atoms with Crippen LogP contribution < -0.4 is 35.2 Å². The van der Waals surface area contributed by atoms with E-state index in [1.807, 2.05) is 54.9 Å². The summed E-state index contributed by atoms with van der Waals surface area (Å²) < 4.78 is 11.4. The number of anilines is 4. The van der Waals surface area contributed by atoms with Crippen molar-refractivity contribution >= 4 is 46.6 Å². The van der Waals surface area contributed by atoms with Crippen LogP contribution in [-0.4, -0.2) is 114 Å². The summed E-state index contributed by atoms with van der Waals surface area (Å²) >= 11 is 5.79. The number of nitrogen functional groups attached to an aromatic ring is 1. The van der Waals surface area contributed by atoms with Gasteiger partial charge in [-0.3, -0.25) is 9.59 Å². The summed E-state index contributed by atoms with van der Waals surface area (Å²) in [6, 6.07) is 16.0. The summed E-state index contributed by atoms with van der Waals surface area (Å²) in [4.78, 5) is 43.5. The second kappa shape index (κ2) is 17.5. The summed E-state index contributed by atoms with van der Waals surface area (Å²) in [5.74, 6) is 2.77. The average molecular weight is 795 g/mol. The molecule has 4 aliphatic heterocycles. The maximum absolute atomic E-state index is 12.5. The van der Waals surface area contributed by atoms with E-state index >= 15 is 0 Å². The number of likely N-dealkylation sites (tertiary alicyclic amines) is 1. The van der Waals surface area contributed by atoms with E-state index in [2.05, 4.69) is 30.2 Å². The molecule has 4 aliphatic rings. The van der Waals surface area contributed by atoms with E-state index < -0.39 is 0 Å². The van der Waals surface area contributed by atoms with Gasteiger partial charge in [0.1, 0.15) is 17.4 Å². The minimum atomic E-state index is -0.141. The molecule has 2 aromatic heterocycles. The number of hydrogen-bond donors (Lipinski definition) is 2. The molecule has 0 saturated carbocycles. The zero-order valence-electron chi connectivity index (χ0n) is 32.5. The van der Waals surface area contributed by atoms with Crippen LogP contribution in [0.5, 0.6) is 11.5 Å². The van der Waals surface area contributed by atoms with Gasteiger partial charge in [-0.05, 0) is 118 Å². The number of piperazine rings is 1. The van der Waals surface area contributed by atoms with E-state index in [4.69, 9.17) is 36.8 Å². The summed E-state index contributed by atoms with van der Waals surface area (Å²) in [7, 11) is 1.66. The highest BCUT2D eigenvalue weighted by atomic mass is 35.5. The summed E-state index contributed by atoms with van der Waals surface area (Å²) in [5.41, 5.74) is 12.0. The fraction of sp³-hybridized carbons (Fsp3) is 0.476. The molecule has 6 heterocycles. The average Bonchev–Trinajstić information content (AvgIpc) is 3.52. The number of alkyl halides is 1. The first-order valence-corrected chi connectivity index (χ1v) is 20.6. The van der Waals surface area contributed by atoms with E-state index in [1.165, 1.54) is 5.56 Å². The minimum Gasteiger partial charge on any atom is -0.496 e. The van der Waals surface area contributed by atoms with Gasteiger partial charge in [0.25, 0.3) is 5.91 Å². The largest absolute Gasteiger partial charge is 0.496 e. The third kappa shape index (κ3) is 8.57. The molecule has 3 saturated heterocycles. The van der Waals surface area contributed by atoms with Crippen LogP contribution in [0.15, 0.2) is 60.9 Å². The number of nitrogens with zero attached hydrogens (tertiary/aromatic N) is 8. The van der Waals surface area contributed by atoms with Crippen molar-refractivity contribution in [3.8, 4) is 22.8 Å². The first kappa shape index (κ1) is 38.7. The molecule has 0 spiro atoms. The van der Waals surface area contributed by atoms with Gasteiger partial charge in [-0.1, -0.05) is 12.1 Å². The number of para-hydroxylation sites is 1. The molecule has 14 nitrogen and oxygen atoms in total. The van der Waals surface area contributed by atoms with Gasteiger partial charge in [-0.15, -0.1) is 21.8 Å². The van der Waals surface area contributed by atoms with Crippen molar-refractivity contribution < 1.29 is 19.1 Å². The van der Waals surface area contributed by atoms with Gasteiger partial charge < -0.3 is 40.1 Å². The summed E-state index contributed by atoms with van der Waals surface area (Å²) in [5, 5.41) is 11.7. The fourth-order valence-corrected chi connectivity index (χ4v) is 9.09. The molecule has 8 rings (SSSR count). The van der Waals surface area contributed by atoms with Gasteiger partial charge in [-0.25, -0.2) is 9.97 Å². The molecule has 2 unspecified atom stereocenters. The highest BCUT2D eigenvalue weighted by Gasteiger charge is 2.42. The van der Waals surface area contributed by atoms with Crippen LogP contribution in [0.3, 0.4) is 0 Å². The standard InChI is InChI=1S/C42H51ClN10O4/c1-56-38-8-3-2-7-34(38)35-21-37(41(44)49-48-35)51-25-31-9-10-32(26-51)53(31)42-46-23-30(24-47-42)28-13-18-50(19-14-28)16-5-15-45-39(54)27-57-33-11-12-36-29(20-33)6-4-17-52(36)40(55)22-43/h2-3,7-8,11-12,20-21,23-24,28,31-32H,4-6,9-10,13-19,22,25-27H2,1H3,(H2,44,49)(H,45,54). The van der Waals surface area contributed by atoms with E-state index in [-0.39, 0.29) is 36.4 Å². The van der Waals surface area contributed by atoms with E-state index in [0.29, 0.717) is 30.6 Å². The Morgan fingerprint density at radius 2 is 1.72 bits per heavy atom. The SMILES string of the molecule is COc1ccccc1-c1cc(N2CC3CCC(C2)N3c2ncc(C3CCN(CCCNC(=O)COc4ccc5c(c4)CCCN5C(=O)CCl)CC3)cn2)c(N)nn1. The van der Waals surface area contributed by atoms with Crippen LogP contribution in [0.4, 0.5) is 23.1 Å². The van der Waals surface area contributed by atoms with Crippen molar-refractivity contribution in [1.29, 1.82) is 0 Å². The van der Waals surface area contributed by atoms with Gasteiger partial charge >= 0.3 is 0 Å². The van der Waals surface area contributed by atoms with Crippen molar-refractivity contribution in [1.82, 2.24) is 30.4 Å². The molecule has 3 N–H and O–H groups in total. The Bertz CT molecular complexity index is 2030.